The molecule has 1 amide bonds. The Bertz CT molecular complexity index is 952. The molecule has 0 aliphatic carbocycles. The third-order valence-corrected chi connectivity index (χ3v) is 4.71. The summed E-state index contributed by atoms with van der Waals surface area (Å²) >= 11 is 17.8. The van der Waals surface area contributed by atoms with E-state index in [1.54, 1.807) is 35.0 Å². The van der Waals surface area contributed by atoms with Gasteiger partial charge in [-0.3, -0.25) is 4.79 Å². The molecule has 1 heterocycles. The minimum absolute atomic E-state index is 0.0234. The first-order valence-corrected chi connectivity index (χ1v) is 8.98. The van der Waals surface area contributed by atoms with Crippen LogP contribution in [0.2, 0.25) is 15.1 Å². The zero-order valence-electron chi connectivity index (χ0n) is 14.0. The molecule has 2 aromatic carbocycles. The average Bonchev–Trinajstić information content (AvgIpc) is 3.04. The Kier molecular flexibility index (Phi) is 5.51. The molecule has 0 unspecified atom stereocenters. The van der Waals surface area contributed by atoms with Crippen LogP contribution in [0.25, 0.3) is 5.69 Å². The molecule has 3 rings (SSSR count). The molecule has 0 bridgehead atoms. The summed E-state index contributed by atoms with van der Waals surface area (Å²) in [4.78, 5) is 12.7. The van der Waals surface area contributed by atoms with Crippen molar-refractivity contribution in [1.82, 2.24) is 15.0 Å². The van der Waals surface area contributed by atoms with Crippen LogP contribution in [0.15, 0.2) is 42.5 Å². The van der Waals surface area contributed by atoms with Crippen LogP contribution in [0.4, 0.5) is 5.69 Å². The SMILES string of the molecule is CC(C)c1c(C(=O)Nc2ccc(Cl)c(Cl)c2)nnn1-c1ccc(Cl)cc1. The van der Waals surface area contributed by atoms with Crippen LogP contribution >= 0.6 is 34.8 Å². The number of nitrogens with zero attached hydrogens (tertiary/aromatic N) is 3. The Labute approximate surface area is 165 Å². The molecule has 1 aromatic heterocycles. The lowest BCUT2D eigenvalue weighted by Crippen LogP contribution is -2.16. The number of carbonyl (C=O) groups excluding carboxylic acids is 1. The summed E-state index contributed by atoms with van der Waals surface area (Å²) < 4.78 is 1.64. The average molecular weight is 410 g/mol. The van der Waals surface area contributed by atoms with E-state index in [0.29, 0.717) is 26.4 Å². The highest BCUT2D eigenvalue weighted by atomic mass is 35.5. The van der Waals surface area contributed by atoms with Crippen molar-refractivity contribution in [1.29, 1.82) is 0 Å². The normalized spacial score (nSPS) is 11.0. The lowest BCUT2D eigenvalue weighted by molar-refractivity contribution is 0.102. The third-order valence-electron chi connectivity index (χ3n) is 3.72. The zero-order chi connectivity index (χ0) is 18.8. The first kappa shape index (κ1) is 18.7. The van der Waals surface area contributed by atoms with E-state index >= 15 is 0 Å². The molecule has 1 N–H and O–H groups in total. The Morgan fingerprint density at radius 2 is 1.73 bits per heavy atom. The molecule has 134 valence electrons. The van der Waals surface area contributed by atoms with Crippen LogP contribution < -0.4 is 5.32 Å². The second-order valence-corrected chi connectivity index (χ2v) is 7.20. The summed E-state index contributed by atoms with van der Waals surface area (Å²) in [5.74, 6) is -0.345. The highest BCUT2D eigenvalue weighted by Crippen LogP contribution is 2.26. The van der Waals surface area contributed by atoms with Gasteiger partial charge in [-0.25, -0.2) is 4.68 Å². The predicted molar refractivity (Wildman–Crippen MR) is 105 cm³/mol. The number of rotatable bonds is 4. The fraction of sp³-hybridized carbons (Fsp3) is 0.167. The van der Waals surface area contributed by atoms with E-state index in [-0.39, 0.29) is 17.5 Å². The van der Waals surface area contributed by atoms with Crippen LogP contribution in [-0.4, -0.2) is 20.9 Å². The Hall–Kier alpha value is -2.08. The van der Waals surface area contributed by atoms with Gasteiger partial charge in [0.1, 0.15) is 0 Å². The van der Waals surface area contributed by atoms with Gasteiger partial charge in [-0.1, -0.05) is 53.9 Å². The molecule has 0 aliphatic rings. The van der Waals surface area contributed by atoms with Crippen LogP contribution in [0.1, 0.15) is 35.9 Å². The van der Waals surface area contributed by atoms with Crippen LogP contribution in [0.3, 0.4) is 0 Å². The molecule has 0 spiro atoms. The standard InChI is InChI=1S/C18H15Cl3N4O/c1-10(2)17-16(18(26)22-12-5-8-14(20)15(21)9-12)23-24-25(17)13-6-3-11(19)4-7-13/h3-10H,1-2H3,(H,22,26). The number of halogens is 3. The van der Waals surface area contributed by atoms with Gasteiger partial charge in [-0.2, -0.15) is 0 Å². The molecule has 26 heavy (non-hydrogen) atoms. The van der Waals surface area contributed by atoms with Gasteiger partial charge in [-0.05, 0) is 48.4 Å². The van der Waals surface area contributed by atoms with E-state index < -0.39 is 0 Å². The number of anilines is 1. The number of benzene rings is 2. The van der Waals surface area contributed by atoms with Crippen LogP contribution in [-0.2, 0) is 0 Å². The van der Waals surface area contributed by atoms with E-state index in [0.717, 1.165) is 5.69 Å². The van der Waals surface area contributed by atoms with Crippen LogP contribution in [0, 0.1) is 0 Å². The minimum atomic E-state index is -0.368. The Morgan fingerprint density at radius 3 is 2.35 bits per heavy atom. The van der Waals surface area contributed by atoms with Crippen molar-refractivity contribution in [2.75, 3.05) is 5.32 Å². The van der Waals surface area contributed by atoms with E-state index in [4.69, 9.17) is 34.8 Å². The smallest absolute Gasteiger partial charge is 0.278 e. The molecule has 0 saturated heterocycles. The van der Waals surface area contributed by atoms with Crippen molar-refractivity contribution in [3.8, 4) is 5.69 Å². The summed E-state index contributed by atoms with van der Waals surface area (Å²) in [5, 5.41) is 12.4. The second-order valence-electron chi connectivity index (χ2n) is 5.95. The number of hydrogen-bond donors (Lipinski definition) is 1. The van der Waals surface area contributed by atoms with E-state index in [1.165, 1.54) is 0 Å². The van der Waals surface area contributed by atoms with Crippen molar-refractivity contribution in [2.45, 2.75) is 19.8 Å². The van der Waals surface area contributed by atoms with Gasteiger partial charge < -0.3 is 5.32 Å². The van der Waals surface area contributed by atoms with Crippen molar-refractivity contribution in [3.63, 3.8) is 0 Å². The molecule has 5 nitrogen and oxygen atoms in total. The summed E-state index contributed by atoms with van der Waals surface area (Å²) in [6.45, 7) is 3.95. The monoisotopic (exact) mass is 408 g/mol. The van der Waals surface area contributed by atoms with E-state index in [9.17, 15) is 4.79 Å². The lowest BCUT2D eigenvalue weighted by atomic mass is 10.1. The summed E-state index contributed by atoms with van der Waals surface area (Å²) in [5.41, 5.74) is 2.25. The van der Waals surface area contributed by atoms with Crippen molar-refractivity contribution >= 4 is 46.4 Å². The van der Waals surface area contributed by atoms with Gasteiger partial charge in [0.2, 0.25) is 0 Å². The number of carbonyl (C=O) groups is 1. The molecule has 0 saturated carbocycles. The molecule has 0 fully saturated rings. The van der Waals surface area contributed by atoms with Gasteiger partial charge in [0.25, 0.3) is 5.91 Å². The van der Waals surface area contributed by atoms with Gasteiger partial charge in [-0.15, -0.1) is 5.10 Å². The lowest BCUT2D eigenvalue weighted by Gasteiger charge is -2.11. The topological polar surface area (TPSA) is 59.8 Å². The van der Waals surface area contributed by atoms with Crippen molar-refractivity contribution in [3.05, 3.63) is 68.9 Å². The van der Waals surface area contributed by atoms with Crippen LogP contribution in [0.5, 0.6) is 0 Å². The Balaban J connectivity index is 1.95. The van der Waals surface area contributed by atoms with Gasteiger partial charge in [0, 0.05) is 10.7 Å². The minimum Gasteiger partial charge on any atom is -0.320 e. The maximum absolute atomic E-state index is 12.7. The summed E-state index contributed by atoms with van der Waals surface area (Å²) in [6.07, 6.45) is 0. The fourth-order valence-corrected chi connectivity index (χ4v) is 2.93. The maximum Gasteiger partial charge on any atom is 0.278 e. The largest absolute Gasteiger partial charge is 0.320 e. The first-order valence-electron chi connectivity index (χ1n) is 7.84. The first-order chi connectivity index (χ1) is 12.4. The number of amides is 1. The highest BCUT2D eigenvalue weighted by molar-refractivity contribution is 6.42. The molecular formula is C18H15Cl3N4O. The highest BCUT2D eigenvalue weighted by Gasteiger charge is 2.23. The van der Waals surface area contributed by atoms with E-state index in [1.807, 2.05) is 26.0 Å². The summed E-state index contributed by atoms with van der Waals surface area (Å²) in [7, 11) is 0. The van der Waals surface area contributed by atoms with Crippen molar-refractivity contribution < 1.29 is 4.79 Å². The van der Waals surface area contributed by atoms with Crippen molar-refractivity contribution in [2.24, 2.45) is 0 Å². The molecule has 8 heteroatoms. The third kappa shape index (κ3) is 3.85. The maximum atomic E-state index is 12.7. The number of nitrogens with one attached hydrogen (secondary N) is 1. The predicted octanol–water partition coefficient (Wildman–Crippen LogP) is 5.60. The van der Waals surface area contributed by atoms with Gasteiger partial charge in [0.15, 0.2) is 5.69 Å². The molecule has 0 atom stereocenters. The quantitative estimate of drug-likeness (QED) is 0.610. The second kappa shape index (κ2) is 7.66. The Morgan fingerprint density at radius 1 is 1.04 bits per heavy atom. The number of hydrogen-bond acceptors (Lipinski definition) is 3. The molecular weight excluding hydrogens is 395 g/mol. The summed E-state index contributed by atoms with van der Waals surface area (Å²) in [6, 6.07) is 12.0. The van der Waals surface area contributed by atoms with E-state index in [2.05, 4.69) is 15.6 Å². The molecule has 0 radical (unpaired) electrons. The molecule has 3 aromatic rings. The van der Waals surface area contributed by atoms with Gasteiger partial charge in [0.05, 0.1) is 21.4 Å². The number of aromatic nitrogens is 3. The fourth-order valence-electron chi connectivity index (χ4n) is 2.51. The zero-order valence-corrected chi connectivity index (χ0v) is 16.3. The molecule has 0 aliphatic heterocycles. The van der Waals surface area contributed by atoms with Gasteiger partial charge >= 0.3 is 0 Å².